The Morgan fingerprint density at radius 2 is 1.73 bits per heavy atom. The Balaban J connectivity index is 2.40. The SMILES string of the molecule is CCC(C)C1(O)CCN(CC(C)C)CC1. The highest BCUT2D eigenvalue weighted by Crippen LogP contribution is 2.31. The Labute approximate surface area is 94.7 Å². The van der Waals surface area contributed by atoms with Crippen LogP contribution in [0.4, 0.5) is 0 Å². The zero-order valence-corrected chi connectivity index (χ0v) is 10.8. The Hall–Kier alpha value is -0.0800. The molecule has 0 aromatic carbocycles. The number of hydrogen-bond acceptors (Lipinski definition) is 2. The van der Waals surface area contributed by atoms with Gasteiger partial charge in [0.15, 0.2) is 0 Å². The molecule has 0 aromatic heterocycles. The molecule has 1 saturated heterocycles. The van der Waals surface area contributed by atoms with Gasteiger partial charge in [0.05, 0.1) is 5.60 Å². The lowest BCUT2D eigenvalue weighted by atomic mass is 9.79. The summed E-state index contributed by atoms with van der Waals surface area (Å²) >= 11 is 0. The van der Waals surface area contributed by atoms with Gasteiger partial charge in [-0.1, -0.05) is 34.1 Å². The van der Waals surface area contributed by atoms with Crippen molar-refractivity contribution < 1.29 is 5.11 Å². The first-order valence-corrected chi connectivity index (χ1v) is 6.42. The van der Waals surface area contributed by atoms with Gasteiger partial charge in [-0.05, 0) is 24.7 Å². The first-order chi connectivity index (χ1) is 6.98. The van der Waals surface area contributed by atoms with Crippen molar-refractivity contribution >= 4 is 0 Å². The molecule has 0 radical (unpaired) electrons. The molecular weight excluding hydrogens is 186 g/mol. The van der Waals surface area contributed by atoms with E-state index in [4.69, 9.17) is 0 Å². The van der Waals surface area contributed by atoms with Crippen LogP contribution in [-0.4, -0.2) is 35.2 Å². The molecule has 0 amide bonds. The highest BCUT2D eigenvalue weighted by atomic mass is 16.3. The van der Waals surface area contributed by atoms with Crippen LogP contribution >= 0.6 is 0 Å². The maximum atomic E-state index is 10.5. The molecule has 0 spiro atoms. The summed E-state index contributed by atoms with van der Waals surface area (Å²) in [7, 11) is 0. The zero-order chi connectivity index (χ0) is 11.5. The average Bonchev–Trinajstić information content (AvgIpc) is 2.20. The van der Waals surface area contributed by atoms with E-state index in [1.165, 1.54) is 6.54 Å². The fraction of sp³-hybridized carbons (Fsp3) is 1.00. The maximum Gasteiger partial charge on any atom is 0.0697 e. The van der Waals surface area contributed by atoms with Gasteiger partial charge in [-0.2, -0.15) is 0 Å². The summed E-state index contributed by atoms with van der Waals surface area (Å²) in [6, 6.07) is 0. The molecule has 1 unspecified atom stereocenters. The monoisotopic (exact) mass is 213 g/mol. The van der Waals surface area contributed by atoms with E-state index in [2.05, 4.69) is 32.6 Å². The first-order valence-electron chi connectivity index (χ1n) is 6.42. The van der Waals surface area contributed by atoms with Crippen LogP contribution in [0.3, 0.4) is 0 Å². The predicted molar refractivity (Wildman–Crippen MR) is 64.9 cm³/mol. The largest absolute Gasteiger partial charge is 0.390 e. The number of piperidine rings is 1. The Kier molecular flexibility index (Phi) is 4.60. The summed E-state index contributed by atoms with van der Waals surface area (Å²) in [5.74, 6) is 1.18. The number of hydrogen-bond donors (Lipinski definition) is 1. The van der Waals surface area contributed by atoms with E-state index in [1.54, 1.807) is 0 Å². The summed E-state index contributed by atoms with van der Waals surface area (Å²) in [6.07, 6.45) is 2.99. The van der Waals surface area contributed by atoms with Gasteiger partial charge in [-0.25, -0.2) is 0 Å². The molecule has 0 saturated carbocycles. The summed E-state index contributed by atoms with van der Waals surface area (Å²) in [5.41, 5.74) is -0.387. The van der Waals surface area contributed by atoms with Gasteiger partial charge in [-0.3, -0.25) is 0 Å². The quantitative estimate of drug-likeness (QED) is 0.775. The van der Waals surface area contributed by atoms with E-state index in [0.717, 1.165) is 38.3 Å². The smallest absolute Gasteiger partial charge is 0.0697 e. The molecule has 1 heterocycles. The van der Waals surface area contributed by atoms with Crippen molar-refractivity contribution in [2.24, 2.45) is 11.8 Å². The van der Waals surface area contributed by atoms with E-state index in [1.807, 2.05) is 0 Å². The minimum Gasteiger partial charge on any atom is -0.390 e. The third-order valence-electron chi connectivity index (χ3n) is 3.87. The van der Waals surface area contributed by atoms with Crippen LogP contribution in [0.1, 0.15) is 47.0 Å². The van der Waals surface area contributed by atoms with Crippen molar-refractivity contribution in [1.29, 1.82) is 0 Å². The van der Waals surface area contributed by atoms with Gasteiger partial charge < -0.3 is 10.0 Å². The molecule has 0 aliphatic carbocycles. The highest BCUT2D eigenvalue weighted by Gasteiger charge is 2.36. The fourth-order valence-electron chi connectivity index (χ4n) is 2.51. The molecule has 1 N–H and O–H groups in total. The molecule has 1 aliphatic rings. The van der Waals surface area contributed by atoms with Gasteiger partial charge >= 0.3 is 0 Å². The summed E-state index contributed by atoms with van der Waals surface area (Å²) < 4.78 is 0. The predicted octanol–water partition coefficient (Wildman–Crippen LogP) is 2.52. The topological polar surface area (TPSA) is 23.5 Å². The van der Waals surface area contributed by atoms with Gasteiger partial charge in [0.2, 0.25) is 0 Å². The van der Waals surface area contributed by atoms with E-state index >= 15 is 0 Å². The van der Waals surface area contributed by atoms with Crippen LogP contribution in [0.15, 0.2) is 0 Å². The second-order valence-electron chi connectivity index (χ2n) is 5.61. The van der Waals surface area contributed by atoms with Crippen LogP contribution in [0.5, 0.6) is 0 Å². The molecule has 1 fully saturated rings. The van der Waals surface area contributed by atoms with Crippen molar-refractivity contribution in [1.82, 2.24) is 4.90 Å². The molecule has 0 aromatic rings. The van der Waals surface area contributed by atoms with Crippen LogP contribution < -0.4 is 0 Å². The van der Waals surface area contributed by atoms with Crippen LogP contribution in [0.2, 0.25) is 0 Å². The minimum atomic E-state index is -0.387. The van der Waals surface area contributed by atoms with Crippen LogP contribution in [-0.2, 0) is 0 Å². The van der Waals surface area contributed by atoms with Gasteiger partial charge in [0.25, 0.3) is 0 Å². The molecule has 1 aliphatic heterocycles. The zero-order valence-electron chi connectivity index (χ0n) is 10.8. The maximum absolute atomic E-state index is 10.5. The molecular formula is C13H27NO. The molecule has 15 heavy (non-hydrogen) atoms. The lowest BCUT2D eigenvalue weighted by Crippen LogP contribution is -2.48. The highest BCUT2D eigenvalue weighted by molar-refractivity contribution is 4.89. The average molecular weight is 213 g/mol. The van der Waals surface area contributed by atoms with Crippen molar-refractivity contribution in [3.05, 3.63) is 0 Å². The van der Waals surface area contributed by atoms with Gasteiger partial charge in [0, 0.05) is 19.6 Å². The second kappa shape index (κ2) is 5.31. The molecule has 90 valence electrons. The fourth-order valence-corrected chi connectivity index (χ4v) is 2.51. The van der Waals surface area contributed by atoms with E-state index in [-0.39, 0.29) is 5.60 Å². The third kappa shape index (κ3) is 3.46. The molecule has 1 rings (SSSR count). The lowest BCUT2D eigenvalue weighted by Gasteiger charge is -2.42. The number of likely N-dealkylation sites (tertiary alicyclic amines) is 1. The number of rotatable bonds is 4. The Morgan fingerprint density at radius 3 is 2.13 bits per heavy atom. The Morgan fingerprint density at radius 1 is 1.20 bits per heavy atom. The van der Waals surface area contributed by atoms with Crippen molar-refractivity contribution in [2.75, 3.05) is 19.6 Å². The number of aliphatic hydroxyl groups is 1. The molecule has 0 bridgehead atoms. The molecule has 2 heteroatoms. The van der Waals surface area contributed by atoms with E-state index in [9.17, 15) is 5.11 Å². The second-order valence-corrected chi connectivity index (χ2v) is 5.61. The standard InChI is InChI=1S/C13H27NO/c1-5-12(4)13(15)6-8-14(9-7-13)10-11(2)3/h11-12,15H,5-10H2,1-4H3. The minimum absolute atomic E-state index is 0.387. The van der Waals surface area contributed by atoms with Crippen molar-refractivity contribution in [3.63, 3.8) is 0 Å². The summed E-state index contributed by atoms with van der Waals surface area (Å²) in [4.78, 5) is 2.49. The summed E-state index contributed by atoms with van der Waals surface area (Å²) in [5, 5.41) is 10.5. The summed E-state index contributed by atoms with van der Waals surface area (Å²) in [6.45, 7) is 12.2. The van der Waals surface area contributed by atoms with Crippen LogP contribution in [0, 0.1) is 11.8 Å². The normalized spacial score (nSPS) is 24.4. The third-order valence-corrected chi connectivity index (χ3v) is 3.87. The molecule has 1 atom stereocenters. The van der Waals surface area contributed by atoms with Crippen LogP contribution in [0.25, 0.3) is 0 Å². The van der Waals surface area contributed by atoms with Gasteiger partial charge in [0.1, 0.15) is 0 Å². The van der Waals surface area contributed by atoms with E-state index in [0.29, 0.717) is 5.92 Å². The number of nitrogens with zero attached hydrogens (tertiary/aromatic N) is 1. The Bertz CT molecular complexity index is 183. The van der Waals surface area contributed by atoms with Crippen molar-refractivity contribution in [3.8, 4) is 0 Å². The first kappa shape index (κ1) is 13.0. The van der Waals surface area contributed by atoms with Gasteiger partial charge in [-0.15, -0.1) is 0 Å². The van der Waals surface area contributed by atoms with E-state index < -0.39 is 0 Å². The molecule has 2 nitrogen and oxygen atoms in total. The lowest BCUT2D eigenvalue weighted by molar-refractivity contribution is -0.0641. The van der Waals surface area contributed by atoms with Crippen molar-refractivity contribution in [2.45, 2.75) is 52.6 Å².